The Morgan fingerprint density at radius 1 is 1.19 bits per heavy atom. The molecule has 0 saturated carbocycles. The second-order valence-electron chi connectivity index (χ2n) is 5.72. The molecule has 1 aromatic carbocycles. The third-order valence-electron chi connectivity index (χ3n) is 3.40. The molecule has 4 heteroatoms. The van der Waals surface area contributed by atoms with Crippen LogP contribution >= 0.6 is 0 Å². The normalized spacial score (nSPS) is 10.5. The smallest absolute Gasteiger partial charge is 0.243 e. The second-order valence-corrected chi connectivity index (χ2v) is 5.72. The molecule has 116 valence electrons. The summed E-state index contributed by atoms with van der Waals surface area (Å²) in [6.45, 7) is 8.53. The first kappa shape index (κ1) is 17.2. The van der Waals surface area contributed by atoms with Gasteiger partial charge in [0.1, 0.15) is 0 Å². The lowest BCUT2D eigenvalue weighted by atomic mass is 10.1. The van der Waals surface area contributed by atoms with E-state index in [-0.39, 0.29) is 18.4 Å². The van der Waals surface area contributed by atoms with Crippen molar-refractivity contribution in [1.82, 2.24) is 4.90 Å². The summed E-state index contributed by atoms with van der Waals surface area (Å²) in [5.41, 5.74) is 2.00. The minimum atomic E-state index is -0.154. The van der Waals surface area contributed by atoms with Gasteiger partial charge >= 0.3 is 0 Å². The maximum atomic E-state index is 12.0. The maximum absolute atomic E-state index is 12.0. The average molecular weight is 290 g/mol. The van der Waals surface area contributed by atoms with Crippen LogP contribution in [0.15, 0.2) is 24.3 Å². The van der Waals surface area contributed by atoms with Crippen LogP contribution in [0.25, 0.3) is 0 Å². The molecule has 1 aromatic rings. The summed E-state index contributed by atoms with van der Waals surface area (Å²) < 4.78 is 0. The molecule has 0 aliphatic rings. The first-order chi connectivity index (χ1) is 9.92. The molecule has 0 atom stereocenters. The molecule has 0 spiro atoms. The fraction of sp³-hybridized carbons (Fsp3) is 0.529. The van der Waals surface area contributed by atoms with Crippen molar-refractivity contribution in [2.75, 3.05) is 18.4 Å². The van der Waals surface area contributed by atoms with E-state index in [0.29, 0.717) is 12.5 Å². The minimum absolute atomic E-state index is 0.0628. The van der Waals surface area contributed by atoms with Gasteiger partial charge < -0.3 is 10.2 Å². The third kappa shape index (κ3) is 6.43. The van der Waals surface area contributed by atoms with E-state index in [1.165, 1.54) is 12.5 Å². The molecular weight excluding hydrogens is 264 g/mol. The van der Waals surface area contributed by atoms with Crippen LogP contribution in [0.5, 0.6) is 0 Å². The van der Waals surface area contributed by atoms with Gasteiger partial charge in [-0.05, 0) is 36.5 Å². The number of carbonyl (C=O) groups excluding carboxylic acids is 2. The van der Waals surface area contributed by atoms with Crippen LogP contribution in [0.2, 0.25) is 0 Å². The first-order valence-electron chi connectivity index (χ1n) is 7.56. The van der Waals surface area contributed by atoms with Crippen molar-refractivity contribution in [3.8, 4) is 0 Å². The first-order valence-corrected chi connectivity index (χ1v) is 7.56. The number of hydrogen-bond acceptors (Lipinski definition) is 2. The van der Waals surface area contributed by atoms with Gasteiger partial charge in [-0.25, -0.2) is 0 Å². The molecule has 0 radical (unpaired) electrons. The highest BCUT2D eigenvalue weighted by Gasteiger charge is 2.14. The van der Waals surface area contributed by atoms with Gasteiger partial charge in [0.15, 0.2) is 0 Å². The number of amides is 2. The Morgan fingerprint density at radius 3 is 2.29 bits per heavy atom. The van der Waals surface area contributed by atoms with Crippen molar-refractivity contribution in [1.29, 1.82) is 0 Å². The van der Waals surface area contributed by atoms with Crippen LogP contribution in [-0.2, 0) is 16.0 Å². The molecule has 2 amide bonds. The summed E-state index contributed by atoms with van der Waals surface area (Å²) in [5.74, 6) is 0.293. The molecule has 0 bridgehead atoms. The van der Waals surface area contributed by atoms with Crippen LogP contribution in [-0.4, -0.2) is 29.8 Å². The Morgan fingerprint density at radius 2 is 1.81 bits per heavy atom. The van der Waals surface area contributed by atoms with E-state index in [1.807, 2.05) is 24.3 Å². The Labute approximate surface area is 127 Å². The Balaban J connectivity index is 2.54. The van der Waals surface area contributed by atoms with Crippen molar-refractivity contribution >= 4 is 17.5 Å². The Bertz CT molecular complexity index is 466. The predicted molar refractivity (Wildman–Crippen MR) is 86.2 cm³/mol. The second kappa shape index (κ2) is 8.45. The number of nitrogens with one attached hydrogen (secondary N) is 1. The van der Waals surface area contributed by atoms with Gasteiger partial charge in [0, 0.05) is 19.2 Å². The van der Waals surface area contributed by atoms with Crippen LogP contribution in [0, 0.1) is 5.92 Å². The van der Waals surface area contributed by atoms with Crippen LogP contribution < -0.4 is 5.32 Å². The van der Waals surface area contributed by atoms with E-state index >= 15 is 0 Å². The van der Waals surface area contributed by atoms with Gasteiger partial charge in [0.2, 0.25) is 11.8 Å². The third-order valence-corrected chi connectivity index (χ3v) is 3.40. The summed E-state index contributed by atoms with van der Waals surface area (Å²) in [7, 11) is 0. The van der Waals surface area contributed by atoms with E-state index in [9.17, 15) is 9.59 Å². The molecule has 0 fully saturated rings. The number of carbonyl (C=O) groups is 2. The van der Waals surface area contributed by atoms with Gasteiger partial charge in [-0.1, -0.05) is 32.9 Å². The molecule has 0 aromatic heterocycles. The van der Waals surface area contributed by atoms with E-state index in [4.69, 9.17) is 0 Å². The lowest BCUT2D eigenvalue weighted by Gasteiger charge is -2.21. The van der Waals surface area contributed by atoms with Crippen molar-refractivity contribution in [2.45, 2.75) is 40.5 Å². The van der Waals surface area contributed by atoms with Crippen molar-refractivity contribution in [3.05, 3.63) is 29.8 Å². The van der Waals surface area contributed by atoms with E-state index in [1.54, 1.807) is 4.90 Å². The summed E-state index contributed by atoms with van der Waals surface area (Å²) in [5, 5.41) is 2.83. The average Bonchev–Trinajstić information content (AvgIpc) is 2.43. The molecular formula is C17H26N2O2. The topological polar surface area (TPSA) is 49.4 Å². The highest BCUT2D eigenvalue weighted by atomic mass is 16.2. The quantitative estimate of drug-likeness (QED) is 0.839. The van der Waals surface area contributed by atoms with Crippen molar-refractivity contribution < 1.29 is 9.59 Å². The molecule has 0 aliphatic carbocycles. The van der Waals surface area contributed by atoms with Crippen molar-refractivity contribution in [2.24, 2.45) is 5.92 Å². The zero-order valence-corrected chi connectivity index (χ0v) is 13.5. The summed E-state index contributed by atoms with van der Waals surface area (Å²) >= 11 is 0. The Kier molecular flexibility index (Phi) is 6.92. The molecule has 0 unspecified atom stereocenters. The van der Waals surface area contributed by atoms with Crippen molar-refractivity contribution in [3.63, 3.8) is 0 Å². The number of benzene rings is 1. The standard InChI is InChI=1S/C17H26N2O2/c1-5-15-6-8-16(9-7-15)18-17(21)12-19(14(4)20)11-10-13(2)3/h6-9,13H,5,10-12H2,1-4H3,(H,18,21). The fourth-order valence-electron chi connectivity index (χ4n) is 1.96. The van der Waals surface area contributed by atoms with E-state index < -0.39 is 0 Å². The fourth-order valence-corrected chi connectivity index (χ4v) is 1.96. The van der Waals surface area contributed by atoms with Gasteiger partial charge in [0.25, 0.3) is 0 Å². The predicted octanol–water partition coefficient (Wildman–Crippen LogP) is 3.08. The molecule has 1 N–H and O–H groups in total. The Hall–Kier alpha value is -1.84. The van der Waals surface area contributed by atoms with Gasteiger partial charge in [-0.3, -0.25) is 9.59 Å². The summed E-state index contributed by atoms with van der Waals surface area (Å²) in [4.78, 5) is 25.2. The minimum Gasteiger partial charge on any atom is -0.334 e. The van der Waals surface area contributed by atoms with Gasteiger partial charge in [0.05, 0.1) is 6.54 Å². The molecule has 0 saturated heterocycles. The van der Waals surface area contributed by atoms with E-state index in [0.717, 1.165) is 18.5 Å². The van der Waals surface area contributed by atoms with Crippen LogP contribution in [0.1, 0.15) is 39.7 Å². The number of rotatable bonds is 7. The van der Waals surface area contributed by atoms with Crippen LogP contribution in [0.4, 0.5) is 5.69 Å². The highest BCUT2D eigenvalue weighted by Crippen LogP contribution is 2.10. The van der Waals surface area contributed by atoms with Gasteiger partial charge in [-0.2, -0.15) is 0 Å². The molecule has 0 heterocycles. The largest absolute Gasteiger partial charge is 0.334 e. The lowest BCUT2D eigenvalue weighted by Crippen LogP contribution is -2.37. The zero-order chi connectivity index (χ0) is 15.8. The number of hydrogen-bond donors (Lipinski definition) is 1. The highest BCUT2D eigenvalue weighted by molar-refractivity contribution is 5.94. The molecule has 0 aliphatic heterocycles. The number of aryl methyl sites for hydroxylation is 1. The zero-order valence-electron chi connectivity index (χ0n) is 13.5. The van der Waals surface area contributed by atoms with Crippen LogP contribution in [0.3, 0.4) is 0 Å². The molecule has 21 heavy (non-hydrogen) atoms. The SMILES string of the molecule is CCc1ccc(NC(=O)CN(CCC(C)C)C(C)=O)cc1. The molecule has 1 rings (SSSR count). The maximum Gasteiger partial charge on any atom is 0.243 e. The summed E-state index contributed by atoms with van der Waals surface area (Å²) in [6, 6.07) is 7.78. The number of nitrogens with zero attached hydrogens (tertiary/aromatic N) is 1. The summed E-state index contributed by atoms with van der Waals surface area (Å²) in [6.07, 6.45) is 1.87. The molecule has 4 nitrogen and oxygen atoms in total. The monoisotopic (exact) mass is 290 g/mol. The number of anilines is 1. The van der Waals surface area contributed by atoms with Gasteiger partial charge in [-0.15, -0.1) is 0 Å². The van der Waals surface area contributed by atoms with E-state index in [2.05, 4.69) is 26.1 Å². The lowest BCUT2D eigenvalue weighted by molar-refractivity contribution is -0.132.